The Balaban J connectivity index is 2.25. The fraction of sp³-hybridized carbons (Fsp3) is 0.600. The summed E-state index contributed by atoms with van der Waals surface area (Å²) in [6, 6.07) is 7.45. The molecular weight excluding hydrogens is 194 g/mol. The van der Waals surface area contributed by atoms with Crippen molar-refractivity contribution in [3.63, 3.8) is 0 Å². The summed E-state index contributed by atoms with van der Waals surface area (Å²) >= 11 is 0. The van der Waals surface area contributed by atoms with Crippen molar-refractivity contribution in [3.8, 4) is 0 Å². The molecule has 1 aliphatic rings. The molecule has 0 radical (unpaired) electrons. The molecule has 1 N–H and O–H groups in total. The van der Waals surface area contributed by atoms with Gasteiger partial charge in [-0.15, -0.1) is 0 Å². The average molecular weight is 217 g/mol. The molecule has 0 saturated carbocycles. The third kappa shape index (κ3) is 2.30. The minimum Gasteiger partial charge on any atom is -0.310 e. The van der Waals surface area contributed by atoms with Gasteiger partial charge in [0.25, 0.3) is 0 Å². The Morgan fingerprint density at radius 2 is 2.19 bits per heavy atom. The highest BCUT2D eigenvalue weighted by Gasteiger charge is 2.23. The lowest BCUT2D eigenvalue weighted by Gasteiger charge is -2.14. The molecule has 0 spiro atoms. The molecule has 1 atom stereocenters. The van der Waals surface area contributed by atoms with Gasteiger partial charge in [0.05, 0.1) is 0 Å². The third-order valence-electron chi connectivity index (χ3n) is 3.45. The van der Waals surface area contributed by atoms with Gasteiger partial charge in [0.1, 0.15) is 0 Å². The smallest absolute Gasteiger partial charge is 0.0326 e. The number of hydrogen-bond acceptors (Lipinski definition) is 1. The van der Waals surface area contributed by atoms with Crippen molar-refractivity contribution in [2.24, 2.45) is 5.92 Å². The highest BCUT2D eigenvalue weighted by atomic mass is 14.9. The van der Waals surface area contributed by atoms with E-state index >= 15 is 0 Å². The van der Waals surface area contributed by atoms with Gasteiger partial charge in [-0.2, -0.15) is 0 Å². The molecule has 0 bridgehead atoms. The Kier molecular flexibility index (Phi) is 3.65. The SMILES string of the molecule is CCNC1CCc2c(CC(C)C)cccc21. The van der Waals surface area contributed by atoms with Crippen LogP contribution in [0.1, 0.15) is 49.9 Å². The number of rotatable bonds is 4. The third-order valence-corrected chi connectivity index (χ3v) is 3.45. The first-order valence-electron chi connectivity index (χ1n) is 6.56. The van der Waals surface area contributed by atoms with E-state index < -0.39 is 0 Å². The predicted octanol–water partition coefficient (Wildman–Crippen LogP) is 3.48. The first-order chi connectivity index (χ1) is 7.72. The molecule has 0 amide bonds. The Bertz CT molecular complexity index is 354. The Morgan fingerprint density at radius 1 is 1.38 bits per heavy atom. The van der Waals surface area contributed by atoms with Crippen LogP contribution >= 0.6 is 0 Å². The molecule has 1 heteroatoms. The molecule has 0 saturated heterocycles. The van der Waals surface area contributed by atoms with Gasteiger partial charge in [-0.1, -0.05) is 39.0 Å². The highest BCUT2D eigenvalue weighted by molar-refractivity contribution is 5.41. The van der Waals surface area contributed by atoms with Crippen molar-refractivity contribution in [1.82, 2.24) is 5.32 Å². The zero-order valence-electron chi connectivity index (χ0n) is 10.7. The van der Waals surface area contributed by atoms with Gasteiger partial charge < -0.3 is 5.32 Å². The van der Waals surface area contributed by atoms with Crippen LogP contribution in [0.4, 0.5) is 0 Å². The van der Waals surface area contributed by atoms with Crippen molar-refractivity contribution < 1.29 is 0 Å². The molecule has 1 aliphatic carbocycles. The maximum Gasteiger partial charge on any atom is 0.0326 e. The molecule has 2 rings (SSSR count). The lowest BCUT2D eigenvalue weighted by atomic mass is 9.95. The zero-order chi connectivity index (χ0) is 11.5. The quantitative estimate of drug-likeness (QED) is 0.814. The largest absolute Gasteiger partial charge is 0.310 e. The normalized spacial score (nSPS) is 19.1. The molecule has 1 aromatic carbocycles. The lowest BCUT2D eigenvalue weighted by Crippen LogP contribution is -2.18. The fourth-order valence-corrected chi connectivity index (χ4v) is 2.82. The van der Waals surface area contributed by atoms with Crippen LogP contribution in [0.5, 0.6) is 0 Å². The maximum atomic E-state index is 3.58. The summed E-state index contributed by atoms with van der Waals surface area (Å²) in [7, 11) is 0. The first-order valence-corrected chi connectivity index (χ1v) is 6.56. The van der Waals surface area contributed by atoms with Crippen LogP contribution in [-0.2, 0) is 12.8 Å². The van der Waals surface area contributed by atoms with Crippen molar-refractivity contribution in [3.05, 3.63) is 34.9 Å². The van der Waals surface area contributed by atoms with E-state index in [-0.39, 0.29) is 0 Å². The summed E-state index contributed by atoms with van der Waals surface area (Å²) in [5, 5.41) is 3.58. The molecule has 1 nitrogen and oxygen atoms in total. The Hall–Kier alpha value is -0.820. The molecule has 0 aromatic heterocycles. The van der Waals surface area contributed by atoms with E-state index in [4.69, 9.17) is 0 Å². The van der Waals surface area contributed by atoms with E-state index in [0.717, 1.165) is 12.5 Å². The van der Waals surface area contributed by atoms with Gasteiger partial charge in [0, 0.05) is 6.04 Å². The topological polar surface area (TPSA) is 12.0 Å². The van der Waals surface area contributed by atoms with Crippen LogP contribution in [-0.4, -0.2) is 6.54 Å². The molecular formula is C15H23N. The van der Waals surface area contributed by atoms with E-state index in [2.05, 4.69) is 44.3 Å². The van der Waals surface area contributed by atoms with Gasteiger partial charge >= 0.3 is 0 Å². The van der Waals surface area contributed by atoms with Crippen molar-refractivity contribution >= 4 is 0 Å². The van der Waals surface area contributed by atoms with E-state index in [1.807, 2.05) is 0 Å². The fourth-order valence-electron chi connectivity index (χ4n) is 2.82. The van der Waals surface area contributed by atoms with Crippen LogP contribution in [0.3, 0.4) is 0 Å². The standard InChI is InChI=1S/C15H23N/c1-4-16-15-9-8-13-12(10-11(2)3)6-5-7-14(13)15/h5-7,11,15-16H,4,8-10H2,1-3H3. The van der Waals surface area contributed by atoms with Gasteiger partial charge in [-0.25, -0.2) is 0 Å². The van der Waals surface area contributed by atoms with Crippen molar-refractivity contribution in [2.75, 3.05) is 6.54 Å². The molecule has 88 valence electrons. The van der Waals surface area contributed by atoms with Gasteiger partial charge in [-0.05, 0) is 48.4 Å². The molecule has 0 heterocycles. The second kappa shape index (κ2) is 5.01. The number of nitrogens with one attached hydrogen (secondary N) is 1. The molecule has 1 unspecified atom stereocenters. The number of benzene rings is 1. The van der Waals surface area contributed by atoms with E-state index in [0.29, 0.717) is 6.04 Å². The number of fused-ring (bicyclic) bond motifs is 1. The second-order valence-electron chi connectivity index (χ2n) is 5.23. The van der Waals surface area contributed by atoms with Crippen molar-refractivity contribution in [1.29, 1.82) is 0 Å². The summed E-state index contributed by atoms with van der Waals surface area (Å²) in [4.78, 5) is 0. The lowest BCUT2D eigenvalue weighted by molar-refractivity contribution is 0.549. The monoisotopic (exact) mass is 217 g/mol. The van der Waals surface area contributed by atoms with Crippen LogP contribution in [0.25, 0.3) is 0 Å². The van der Waals surface area contributed by atoms with Crippen LogP contribution in [0.15, 0.2) is 18.2 Å². The summed E-state index contributed by atoms with van der Waals surface area (Å²) < 4.78 is 0. The van der Waals surface area contributed by atoms with Crippen LogP contribution < -0.4 is 5.32 Å². The zero-order valence-corrected chi connectivity index (χ0v) is 10.7. The second-order valence-corrected chi connectivity index (χ2v) is 5.23. The summed E-state index contributed by atoms with van der Waals surface area (Å²) in [5.74, 6) is 0.754. The van der Waals surface area contributed by atoms with Crippen molar-refractivity contribution in [2.45, 2.75) is 46.1 Å². The highest BCUT2D eigenvalue weighted by Crippen LogP contribution is 2.33. The maximum absolute atomic E-state index is 3.58. The summed E-state index contributed by atoms with van der Waals surface area (Å²) in [6.07, 6.45) is 3.76. The van der Waals surface area contributed by atoms with Gasteiger partial charge in [-0.3, -0.25) is 0 Å². The Morgan fingerprint density at radius 3 is 2.88 bits per heavy atom. The molecule has 0 aliphatic heterocycles. The first kappa shape index (κ1) is 11.7. The minimum atomic E-state index is 0.604. The summed E-state index contributed by atoms with van der Waals surface area (Å²) in [5.41, 5.74) is 4.76. The van der Waals surface area contributed by atoms with E-state index in [9.17, 15) is 0 Å². The van der Waals surface area contributed by atoms with Gasteiger partial charge in [0.15, 0.2) is 0 Å². The van der Waals surface area contributed by atoms with E-state index in [1.54, 1.807) is 16.7 Å². The minimum absolute atomic E-state index is 0.604. The van der Waals surface area contributed by atoms with Gasteiger partial charge in [0.2, 0.25) is 0 Å². The number of hydrogen-bond donors (Lipinski definition) is 1. The van der Waals surface area contributed by atoms with E-state index in [1.165, 1.54) is 19.3 Å². The molecule has 1 aromatic rings. The van der Waals surface area contributed by atoms with Crippen LogP contribution in [0, 0.1) is 5.92 Å². The Labute approximate surface area is 99.3 Å². The van der Waals surface area contributed by atoms with Crippen LogP contribution in [0.2, 0.25) is 0 Å². The molecule has 16 heavy (non-hydrogen) atoms. The molecule has 0 fully saturated rings. The average Bonchev–Trinajstić information content (AvgIpc) is 2.63. The predicted molar refractivity (Wildman–Crippen MR) is 69.7 cm³/mol. The summed E-state index contributed by atoms with van der Waals surface area (Å²) in [6.45, 7) is 7.86.